The lowest BCUT2D eigenvalue weighted by atomic mass is 10.1. The van der Waals surface area contributed by atoms with E-state index in [0.717, 1.165) is 11.1 Å². The van der Waals surface area contributed by atoms with Gasteiger partial charge in [-0.2, -0.15) is 0 Å². The zero-order valence-electron chi connectivity index (χ0n) is 15.3. The molecule has 2 amide bonds. The third-order valence-electron chi connectivity index (χ3n) is 4.53. The second kappa shape index (κ2) is 9.03. The van der Waals surface area contributed by atoms with Crippen LogP contribution in [-0.4, -0.2) is 40.9 Å². The van der Waals surface area contributed by atoms with Crippen molar-refractivity contribution >= 4 is 17.8 Å². The number of carboxylic acids is 1. The van der Waals surface area contributed by atoms with Crippen LogP contribution in [-0.2, 0) is 27.5 Å². The van der Waals surface area contributed by atoms with Gasteiger partial charge in [0, 0.05) is 26.1 Å². The fourth-order valence-corrected chi connectivity index (χ4v) is 3.13. The van der Waals surface area contributed by atoms with E-state index in [2.05, 4.69) is 5.32 Å². The van der Waals surface area contributed by atoms with E-state index in [1.165, 1.54) is 0 Å². The van der Waals surface area contributed by atoms with Gasteiger partial charge < -0.3 is 20.1 Å². The molecule has 2 N–H and O–H groups in total. The number of hydrogen-bond acceptors (Lipinski definition) is 4. The minimum Gasteiger partial charge on any atom is -0.482 e. The van der Waals surface area contributed by atoms with E-state index in [1.54, 1.807) is 23.1 Å². The molecule has 0 aliphatic carbocycles. The Morgan fingerprint density at radius 2 is 1.86 bits per heavy atom. The second-order valence-corrected chi connectivity index (χ2v) is 6.71. The lowest BCUT2D eigenvalue weighted by Gasteiger charge is -2.16. The number of carbonyl (C=O) groups excluding carboxylic acids is 2. The van der Waals surface area contributed by atoms with Crippen molar-refractivity contribution in [1.29, 1.82) is 0 Å². The molecule has 1 atom stereocenters. The highest BCUT2D eigenvalue weighted by Crippen LogP contribution is 2.21. The van der Waals surface area contributed by atoms with Crippen molar-refractivity contribution in [2.75, 3.05) is 13.2 Å². The number of ether oxygens (including phenoxy) is 1. The number of likely N-dealkylation sites (tertiary alicyclic amines) is 1. The molecule has 0 bridgehead atoms. The fourth-order valence-electron chi connectivity index (χ4n) is 3.13. The average Bonchev–Trinajstić information content (AvgIpc) is 3.06. The topological polar surface area (TPSA) is 95.9 Å². The monoisotopic (exact) mass is 382 g/mol. The Morgan fingerprint density at radius 1 is 1.11 bits per heavy atom. The molecule has 0 spiro atoms. The van der Waals surface area contributed by atoms with E-state index in [-0.39, 0.29) is 30.7 Å². The Kier molecular flexibility index (Phi) is 6.26. The van der Waals surface area contributed by atoms with Gasteiger partial charge in [0.2, 0.25) is 11.8 Å². The summed E-state index contributed by atoms with van der Waals surface area (Å²) in [7, 11) is 0. The van der Waals surface area contributed by atoms with Crippen LogP contribution < -0.4 is 10.1 Å². The van der Waals surface area contributed by atoms with Crippen LogP contribution in [0.2, 0.25) is 0 Å². The van der Waals surface area contributed by atoms with Crippen molar-refractivity contribution in [1.82, 2.24) is 10.2 Å². The first-order valence-corrected chi connectivity index (χ1v) is 9.04. The number of benzene rings is 2. The Balaban J connectivity index is 1.51. The molecule has 1 unspecified atom stereocenters. The van der Waals surface area contributed by atoms with Crippen molar-refractivity contribution in [3.8, 4) is 5.75 Å². The van der Waals surface area contributed by atoms with Crippen LogP contribution >= 0.6 is 0 Å². The third kappa shape index (κ3) is 5.33. The van der Waals surface area contributed by atoms with Crippen molar-refractivity contribution in [2.45, 2.75) is 19.5 Å². The molecule has 1 aliphatic rings. The molecule has 2 aromatic rings. The average molecular weight is 382 g/mol. The molecule has 3 rings (SSSR count). The van der Waals surface area contributed by atoms with Crippen LogP contribution in [0.3, 0.4) is 0 Å². The molecule has 0 radical (unpaired) electrons. The normalized spacial score (nSPS) is 16.1. The summed E-state index contributed by atoms with van der Waals surface area (Å²) in [6, 6.07) is 16.6. The molecule has 7 heteroatoms. The van der Waals surface area contributed by atoms with Gasteiger partial charge in [-0.3, -0.25) is 9.59 Å². The molecule has 0 aromatic heterocycles. The number of rotatable bonds is 8. The van der Waals surface area contributed by atoms with Gasteiger partial charge in [-0.25, -0.2) is 4.79 Å². The fraction of sp³-hybridized carbons (Fsp3) is 0.286. The summed E-state index contributed by atoms with van der Waals surface area (Å²) in [6.45, 7) is 0.775. The summed E-state index contributed by atoms with van der Waals surface area (Å²) in [5, 5.41) is 11.5. The largest absolute Gasteiger partial charge is 0.482 e. The lowest BCUT2D eigenvalue weighted by Crippen LogP contribution is -2.32. The van der Waals surface area contributed by atoms with Gasteiger partial charge >= 0.3 is 5.97 Å². The second-order valence-electron chi connectivity index (χ2n) is 6.71. The SMILES string of the molecule is O=C(O)COc1cccc(CNC(=O)C2CC(=O)N(Cc3ccccc3)C2)c1. The summed E-state index contributed by atoms with van der Waals surface area (Å²) in [6.07, 6.45) is 0.209. The number of nitrogens with one attached hydrogen (secondary N) is 1. The van der Waals surface area contributed by atoms with Gasteiger partial charge in [-0.05, 0) is 23.3 Å². The molecular weight excluding hydrogens is 360 g/mol. The minimum absolute atomic E-state index is 0.0203. The van der Waals surface area contributed by atoms with Gasteiger partial charge in [-0.15, -0.1) is 0 Å². The van der Waals surface area contributed by atoms with Crippen molar-refractivity contribution < 1.29 is 24.2 Å². The maximum atomic E-state index is 12.5. The molecule has 0 saturated carbocycles. The summed E-state index contributed by atoms with van der Waals surface area (Å²) in [5.41, 5.74) is 1.83. The first-order chi connectivity index (χ1) is 13.5. The highest BCUT2D eigenvalue weighted by molar-refractivity contribution is 5.89. The van der Waals surface area contributed by atoms with E-state index in [9.17, 15) is 14.4 Å². The maximum absolute atomic E-state index is 12.5. The van der Waals surface area contributed by atoms with Crippen LogP contribution in [0.15, 0.2) is 54.6 Å². The molecule has 2 aromatic carbocycles. The van der Waals surface area contributed by atoms with Gasteiger partial charge in [0.25, 0.3) is 0 Å². The molecule has 1 saturated heterocycles. The summed E-state index contributed by atoms with van der Waals surface area (Å²) < 4.78 is 5.14. The molecule has 7 nitrogen and oxygen atoms in total. The number of carbonyl (C=O) groups is 3. The van der Waals surface area contributed by atoms with Crippen LogP contribution in [0.4, 0.5) is 0 Å². The summed E-state index contributed by atoms with van der Waals surface area (Å²) in [5.74, 6) is -1.18. The highest BCUT2D eigenvalue weighted by Gasteiger charge is 2.34. The van der Waals surface area contributed by atoms with E-state index in [0.29, 0.717) is 18.8 Å². The summed E-state index contributed by atoms with van der Waals surface area (Å²) in [4.78, 5) is 37.0. The maximum Gasteiger partial charge on any atom is 0.341 e. The first-order valence-electron chi connectivity index (χ1n) is 9.04. The Labute approximate surface area is 162 Å². The number of hydrogen-bond donors (Lipinski definition) is 2. The van der Waals surface area contributed by atoms with Crippen molar-refractivity contribution in [3.05, 3.63) is 65.7 Å². The van der Waals surface area contributed by atoms with Crippen LogP contribution in [0.5, 0.6) is 5.75 Å². The van der Waals surface area contributed by atoms with Crippen LogP contribution in [0.25, 0.3) is 0 Å². The van der Waals surface area contributed by atoms with E-state index < -0.39 is 12.6 Å². The van der Waals surface area contributed by atoms with Crippen LogP contribution in [0.1, 0.15) is 17.5 Å². The van der Waals surface area contributed by atoms with E-state index in [1.807, 2.05) is 36.4 Å². The zero-order chi connectivity index (χ0) is 19.9. The Hall–Kier alpha value is -3.35. The number of amides is 2. The number of carboxylic acid groups (broad SMARTS) is 1. The van der Waals surface area contributed by atoms with Crippen LogP contribution in [0, 0.1) is 5.92 Å². The highest BCUT2D eigenvalue weighted by atomic mass is 16.5. The minimum atomic E-state index is -1.05. The molecule has 1 aliphatic heterocycles. The Morgan fingerprint density at radius 3 is 2.61 bits per heavy atom. The smallest absolute Gasteiger partial charge is 0.341 e. The third-order valence-corrected chi connectivity index (χ3v) is 4.53. The van der Waals surface area contributed by atoms with Crippen molar-refractivity contribution in [2.24, 2.45) is 5.92 Å². The van der Waals surface area contributed by atoms with Gasteiger partial charge in [0.05, 0.1) is 5.92 Å². The predicted molar refractivity (Wildman–Crippen MR) is 101 cm³/mol. The molecule has 28 heavy (non-hydrogen) atoms. The molecular formula is C21H22N2O5. The van der Waals surface area contributed by atoms with E-state index >= 15 is 0 Å². The van der Waals surface area contributed by atoms with Gasteiger partial charge in [0.1, 0.15) is 5.75 Å². The number of nitrogens with zero attached hydrogens (tertiary/aromatic N) is 1. The number of aliphatic carboxylic acids is 1. The standard InChI is InChI=1S/C21H22N2O5/c24-19-10-17(13-23(19)12-15-5-2-1-3-6-15)21(27)22-11-16-7-4-8-18(9-16)28-14-20(25)26/h1-9,17H,10-14H2,(H,22,27)(H,25,26). The van der Waals surface area contributed by atoms with Gasteiger partial charge in [-0.1, -0.05) is 42.5 Å². The Bertz CT molecular complexity index is 853. The molecule has 1 heterocycles. The molecule has 1 fully saturated rings. The first kappa shape index (κ1) is 19.4. The molecule has 146 valence electrons. The zero-order valence-corrected chi connectivity index (χ0v) is 15.3. The van der Waals surface area contributed by atoms with Gasteiger partial charge in [0.15, 0.2) is 6.61 Å². The quantitative estimate of drug-likeness (QED) is 0.726. The van der Waals surface area contributed by atoms with Crippen molar-refractivity contribution in [3.63, 3.8) is 0 Å². The summed E-state index contributed by atoms with van der Waals surface area (Å²) >= 11 is 0. The predicted octanol–water partition coefficient (Wildman–Crippen LogP) is 1.81. The lowest BCUT2D eigenvalue weighted by molar-refractivity contribution is -0.139. The van der Waals surface area contributed by atoms with E-state index in [4.69, 9.17) is 9.84 Å².